The average Bonchev–Trinajstić information content (AvgIpc) is 2.62. The lowest BCUT2D eigenvalue weighted by Crippen LogP contribution is -2.21. The number of carbonyl (C=O) groups is 1. The third-order valence-electron chi connectivity index (χ3n) is 4.09. The number of pyridine rings is 1. The van der Waals surface area contributed by atoms with Gasteiger partial charge >= 0.3 is 0 Å². The van der Waals surface area contributed by atoms with Gasteiger partial charge in [-0.25, -0.2) is 0 Å². The third-order valence-corrected chi connectivity index (χ3v) is 7.80. The Kier molecular flexibility index (Phi) is 7.82. The lowest BCUT2D eigenvalue weighted by Gasteiger charge is -2.20. The van der Waals surface area contributed by atoms with Gasteiger partial charge in [-0.15, -0.1) is 4.91 Å². The highest BCUT2D eigenvalue weighted by molar-refractivity contribution is 8.00. The summed E-state index contributed by atoms with van der Waals surface area (Å²) in [4.78, 5) is 29.4. The summed E-state index contributed by atoms with van der Waals surface area (Å²) >= 11 is 0. The largest absolute Gasteiger partial charge is 0.396 e. The standard InChI is InChI=1S/C18H23N2O4PS/c1-26(24,13-17(7-4-5-9-21)25(14-22)20-23)12-15-10-16-6-2-3-8-18(16)19-11-15/h2-3,6,8,10-11,14,17,21H,1,4-5,7,9,12-13H2. The monoisotopic (exact) mass is 394 g/mol. The second-order valence-electron chi connectivity index (χ2n) is 6.25. The van der Waals surface area contributed by atoms with E-state index in [0.29, 0.717) is 25.3 Å². The molecule has 0 spiro atoms. The van der Waals surface area contributed by atoms with Crippen LogP contribution in [-0.2, 0) is 20.1 Å². The molecule has 3 atom stereocenters. The molecule has 140 valence electrons. The van der Waals surface area contributed by atoms with Crippen molar-refractivity contribution in [2.45, 2.75) is 30.7 Å². The molecule has 6 nitrogen and oxygen atoms in total. The maximum Gasteiger partial charge on any atom is 0.168 e. The minimum Gasteiger partial charge on any atom is -0.396 e. The van der Waals surface area contributed by atoms with Gasteiger partial charge in [0.2, 0.25) is 0 Å². The molecular formula is C18H23N2O4PS. The minimum atomic E-state index is -2.55. The molecule has 0 aliphatic heterocycles. The van der Waals surface area contributed by atoms with E-state index in [0.717, 1.165) is 16.5 Å². The summed E-state index contributed by atoms with van der Waals surface area (Å²) in [5, 5.41) is 9.88. The number of aliphatic hydroxyl groups is 1. The van der Waals surface area contributed by atoms with Crippen LogP contribution in [0.25, 0.3) is 10.9 Å². The van der Waals surface area contributed by atoms with Gasteiger partial charge in [0.05, 0.1) is 5.52 Å². The zero-order valence-corrected chi connectivity index (χ0v) is 16.2. The van der Waals surface area contributed by atoms with E-state index in [1.807, 2.05) is 30.3 Å². The Hall–Kier alpha value is -1.69. The number of aromatic nitrogens is 1. The number of nitrogens with zero attached hydrogens (tertiary/aromatic N) is 2. The van der Waals surface area contributed by atoms with Crippen LogP contribution < -0.4 is 0 Å². The number of fused-ring (bicyclic) bond motifs is 1. The number of aliphatic hydroxyl groups excluding tert-OH is 1. The van der Waals surface area contributed by atoms with Crippen LogP contribution in [0.15, 0.2) is 41.5 Å². The Morgan fingerprint density at radius 3 is 2.81 bits per heavy atom. The molecule has 0 amide bonds. The SMILES string of the molecule is C=S(=O)(Cc1cnc2ccccc2c1)CC(CCCCO)P(C=O)N=O. The summed E-state index contributed by atoms with van der Waals surface area (Å²) in [7, 11) is -4.28. The lowest BCUT2D eigenvalue weighted by atomic mass is 10.2. The highest BCUT2D eigenvalue weighted by Crippen LogP contribution is 2.42. The van der Waals surface area contributed by atoms with Crippen molar-refractivity contribution in [3.63, 3.8) is 0 Å². The topological polar surface area (TPSA) is 96.7 Å². The first-order chi connectivity index (χ1) is 12.5. The van der Waals surface area contributed by atoms with Gasteiger partial charge in [0, 0.05) is 35.4 Å². The van der Waals surface area contributed by atoms with Crippen LogP contribution in [0.3, 0.4) is 0 Å². The van der Waals surface area contributed by atoms with Gasteiger partial charge in [-0.05, 0) is 50.9 Å². The molecule has 0 aliphatic rings. The molecule has 1 N–H and O–H groups in total. The van der Waals surface area contributed by atoms with Crippen LogP contribution in [0, 0.1) is 4.91 Å². The predicted octanol–water partition coefficient (Wildman–Crippen LogP) is 3.34. The molecule has 8 heteroatoms. The molecule has 0 bridgehead atoms. The lowest BCUT2D eigenvalue weighted by molar-refractivity contribution is 0.283. The maximum atomic E-state index is 13.0. The Morgan fingerprint density at radius 2 is 2.12 bits per heavy atom. The summed E-state index contributed by atoms with van der Waals surface area (Å²) in [5.41, 5.74) is 1.31. The molecule has 1 aromatic carbocycles. The average molecular weight is 394 g/mol. The summed E-state index contributed by atoms with van der Waals surface area (Å²) < 4.78 is 13.0. The number of carbonyl (C=O) groups excluding carboxylic acids is 1. The number of unbranched alkanes of at least 4 members (excludes halogenated alkanes) is 1. The van der Waals surface area contributed by atoms with Crippen molar-refractivity contribution in [1.82, 2.24) is 4.98 Å². The van der Waals surface area contributed by atoms with E-state index in [-0.39, 0.29) is 23.8 Å². The quantitative estimate of drug-likeness (QED) is 0.207. The molecule has 2 rings (SSSR count). The van der Waals surface area contributed by atoms with Gasteiger partial charge in [-0.2, -0.15) is 0 Å². The van der Waals surface area contributed by atoms with Gasteiger partial charge in [0.1, 0.15) is 8.07 Å². The van der Waals surface area contributed by atoms with Gasteiger partial charge in [0.25, 0.3) is 0 Å². The number of rotatable bonds is 11. The molecule has 0 aliphatic carbocycles. The second kappa shape index (κ2) is 9.86. The summed E-state index contributed by atoms with van der Waals surface area (Å²) in [6, 6.07) is 10.2. The Morgan fingerprint density at radius 1 is 1.35 bits per heavy atom. The van der Waals surface area contributed by atoms with E-state index >= 15 is 0 Å². The molecule has 0 fully saturated rings. The van der Waals surface area contributed by atoms with Crippen molar-refractivity contribution in [3.05, 3.63) is 47.0 Å². The fourth-order valence-electron chi connectivity index (χ4n) is 2.86. The van der Waals surface area contributed by atoms with Crippen LogP contribution in [0.1, 0.15) is 24.8 Å². The van der Waals surface area contributed by atoms with E-state index in [1.165, 1.54) is 0 Å². The molecular weight excluding hydrogens is 371 g/mol. The fraction of sp³-hybridized carbons (Fsp3) is 0.389. The maximum absolute atomic E-state index is 13.0. The zero-order chi connectivity index (χ0) is 19.0. The molecule has 1 heterocycles. The first kappa shape index (κ1) is 20.6. The van der Waals surface area contributed by atoms with E-state index in [1.54, 1.807) is 6.20 Å². The van der Waals surface area contributed by atoms with Gasteiger partial charge in [-0.3, -0.25) is 14.0 Å². The van der Waals surface area contributed by atoms with Gasteiger partial charge < -0.3 is 5.11 Å². The van der Waals surface area contributed by atoms with Crippen LogP contribution in [0.5, 0.6) is 0 Å². The number of nitroso groups, excluding NO2 is 1. The first-order valence-electron chi connectivity index (χ1n) is 8.33. The summed E-state index contributed by atoms with van der Waals surface area (Å²) in [6.07, 6.45) is 3.44. The molecule has 0 saturated heterocycles. The first-order valence-corrected chi connectivity index (χ1v) is 11.8. The van der Waals surface area contributed by atoms with Crippen LogP contribution in [0.2, 0.25) is 0 Å². The van der Waals surface area contributed by atoms with Crippen LogP contribution >= 0.6 is 8.07 Å². The highest BCUT2D eigenvalue weighted by atomic mass is 32.2. The van der Waals surface area contributed by atoms with Crippen molar-refractivity contribution >= 4 is 40.4 Å². The van der Waals surface area contributed by atoms with Crippen molar-refractivity contribution in [2.75, 3.05) is 12.4 Å². The van der Waals surface area contributed by atoms with E-state index < -0.39 is 17.6 Å². The van der Waals surface area contributed by atoms with E-state index in [4.69, 9.17) is 5.11 Å². The van der Waals surface area contributed by atoms with Crippen molar-refractivity contribution in [2.24, 2.45) is 4.95 Å². The molecule has 1 aromatic heterocycles. The normalized spacial score (nSPS) is 15.9. The Balaban J connectivity index is 2.14. The molecule has 0 saturated carbocycles. The molecule has 0 radical (unpaired) electrons. The number of para-hydroxylation sites is 1. The van der Waals surface area contributed by atoms with Gasteiger partial charge in [-0.1, -0.05) is 24.6 Å². The van der Waals surface area contributed by atoms with Crippen molar-refractivity contribution in [1.29, 1.82) is 0 Å². The van der Waals surface area contributed by atoms with Crippen LogP contribution in [0.4, 0.5) is 0 Å². The minimum absolute atomic E-state index is 0.0444. The number of hydrogen-bond acceptors (Lipinski definition) is 6. The Labute approximate surface area is 154 Å². The molecule has 3 unspecified atom stereocenters. The smallest absolute Gasteiger partial charge is 0.168 e. The van der Waals surface area contributed by atoms with Gasteiger partial charge in [0.15, 0.2) is 6.03 Å². The van der Waals surface area contributed by atoms with E-state index in [2.05, 4.69) is 15.8 Å². The second-order valence-corrected chi connectivity index (χ2v) is 10.7. The number of hydrogen-bond donors (Lipinski definition) is 1. The third kappa shape index (κ3) is 5.94. The fourth-order valence-corrected chi connectivity index (χ4v) is 6.83. The molecule has 26 heavy (non-hydrogen) atoms. The predicted molar refractivity (Wildman–Crippen MR) is 110 cm³/mol. The highest BCUT2D eigenvalue weighted by Gasteiger charge is 2.25. The number of benzene rings is 1. The Bertz CT molecular complexity index is 849. The van der Waals surface area contributed by atoms with Crippen molar-refractivity contribution in [3.8, 4) is 0 Å². The molecule has 2 aromatic rings. The summed E-state index contributed by atoms with van der Waals surface area (Å²) in [6.45, 7) is 0.0444. The zero-order valence-electron chi connectivity index (χ0n) is 14.5. The summed E-state index contributed by atoms with van der Waals surface area (Å²) in [5.74, 6) is 4.27. The van der Waals surface area contributed by atoms with Crippen LogP contribution in [-0.4, -0.2) is 44.2 Å². The van der Waals surface area contributed by atoms with E-state index in [9.17, 15) is 13.9 Å². The van der Waals surface area contributed by atoms with Crippen molar-refractivity contribution < 1.29 is 14.1 Å².